The number of hydrogen-bond acceptors (Lipinski definition) is 2. The molecule has 2 nitrogen and oxygen atoms in total. The van der Waals surface area contributed by atoms with Gasteiger partial charge in [-0.05, 0) is 79.8 Å². The first-order valence-electron chi connectivity index (χ1n) is 14.3. The van der Waals surface area contributed by atoms with Crippen LogP contribution >= 0.6 is 0 Å². The molecular weight excluding hydrogens is 472 g/mol. The molecule has 0 saturated carbocycles. The van der Waals surface area contributed by atoms with Gasteiger partial charge in [-0.2, -0.15) is 0 Å². The largest absolute Gasteiger partial charge is 0.338 e. The molecule has 0 bridgehead atoms. The molecule has 4 aromatic carbocycles. The Morgan fingerprint density at radius 3 is 1.72 bits per heavy atom. The number of aryl methyl sites for hydroxylation is 1. The second-order valence-corrected chi connectivity index (χ2v) is 11.9. The Balaban J connectivity index is 1.56. The zero-order valence-corrected chi connectivity index (χ0v) is 24.3. The van der Waals surface area contributed by atoms with Crippen molar-refractivity contribution in [2.24, 2.45) is 5.41 Å². The van der Waals surface area contributed by atoms with Gasteiger partial charge in [-0.25, -0.2) is 0 Å². The summed E-state index contributed by atoms with van der Waals surface area (Å²) in [4.78, 5) is 5.03. The topological polar surface area (TPSA) is 6.48 Å². The fourth-order valence-electron chi connectivity index (χ4n) is 5.74. The minimum Gasteiger partial charge on any atom is -0.338 e. The zero-order chi connectivity index (χ0) is 27.6. The van der Waals surface area contributed by atoms with Crippen molar-refractivity contribution in [2.45, 2.75) is 65.5 Å². The Morgan fingerprint density at radius 2 is 1.21 bits per heavy atom. The molecule has 1 aliphatic rings. The van der Waals surface area contributed by atoms with Crippen LogP contribution < -0.4 is 9.80 Å². The zero-order valence-electron chi connectivity index (χ0n) is 24.3. The van der Waals surface area contributed by atoms with Crippen molar-refractivity contribution in [2.75, 3.05) is 9.80 Å². The summed E-state index contributed by atoms with van der Waals surface area (Å²) in [5.41, 5.74) is 7.61. The van der Waals surface area contributed by atoms with Crippen LogP contribution in [0.5, 0.6) is 0 Å². The van der Waals surface area contributed by atoms with Gasteiger partial charge in [-0.3, -0.25) is 0 Å². The summed E-state index contributed by atoms with van der Waals surface area (Å²) in [7, 11) is 0. The first-order valence-corrected chi connectivity index (χ1v) is 14.3. The van der Waals surface area contributed by atoms with Crippen LogP contribution in [0.3, 0.4) is 0 Å². The molecule has 1 unspecified atom stereocenters. The molecule has 0 radical (unpaired) electrons. The highest BCUT2D eigenvalue weighted by atomic mass is 15.2. The molecule has 0 N–H and O–H groups in total. The Labute approximate surface area is 235 Å². The highest BCUT2D eigenvalue weighted by Crippen LogP contribution is 2.48. The Bertz CT molecular complexity index is 1390. The van der Waals surface area contributed by atoms with E-state index in [2.05, 4.69) is 173 Å². The van der Waals surface area contributed by atoms with Gasteiger partial charge in [0.25, 0.3) is 0 Å². The maximum absolute atomic E-state index is 2.53. The van der Waals surface area contributed by atoms with Gasteiger partial charge in [0.05, 0.1) is 6.04 Å². The van der Waals surface area contributed by atoms with Crippen LogP contribution in [0.15, 0.2) is 121 Å². The number of anilines is 4. The van der Waals surface area contributed by atoms with Crippen molar-refractivity contribution in [3.8, 4) is 0 Å². The number of rotatable bonds is 9. The minimum atomic E-state index is -0.0993. The molecule has 0 spiro atoms. The van der Waals surface area contributed by atoms with Crippen molar-refractivity contribution >= 4 is 22.7 Å². The fourth-order valence-corrected chi connectivity index (χ4v) is 5.74. The molecule has 2 heteroatoms. The van der Waals surface area contributed by atoms with E-state index < -0.39 is 0 Å². The number of benzene rings is 4. The molecule has 200 valence electrons. The van der Waals surface area contributed by atoms with Crippen LogP contribution in [0.4, 0.5) is 22.7 Å². The van der Waals surface area contributed by atoms with Crippen molar-refractivity contribution < 1.29 is 0 Å². The second kappa shape index (κ2) is 10.8. The summed E-state index contributed by atoms with van der Waals surface area (Å²) in [5.74, 6) is 0. The van der Waals surface area contributed by atoms with Crippen molar-refractivity contribution in [3.05, 3.63) is 132 Å². The molecule has 0 aromatic heterocycles. The lowest BCUT2D eigenvalue weighted by Crippen LogP contribution is -2.57. The predicted octanol–water partition coefficient (Wildman–Crippen LogP) is 9.99. The van der Waals surface area contributed by atoms with Gasteiger partial charge < -0.3 is 9.80 Å². The van der Waals surface area contributed by atoms with Gasteiger partial charge in [-0.1, -0.05) is 106 Å². The smallest absolute Gasteiger partial charge is 0.0630 e. The van der Waals surface area contributed by atoms with Gasteiger partial charge in [0, 0.05) is 34.2 Å². The van der Waals surface area contributed by atoms with Gasteiger partial charge >= 0.3 is 0 Å². The van der Waals surface area contributed by atoms with Crippen LogP contribution in [0.25, 0.3) is 0 Å². The molecule has 39 heavy (non-hydrogen) atoms. The van der Waals surface area contributed by atoms with Crippen LogP contribution in [-0.4, -0.2) is 12.1 Å². The number of hydrogen-bond donors (Lipinski definition) is 0. The van der Waals surface area contributed by atoms with E-state index >= 15 is 0 Å². The van der Waals surface area contributed by atoms with E-state index in [0.29, 0.717) is 0 Å². The molecule has 4 aromatic rings. The first-order chi connectivity index (χ1) is 18.7. The normalized spacial score (nSPS) is 19.3. The summed E-state index contributed by atoms with van der Waals surface area (Å²) in [5, 5.41) is 0. The van der Waals surface area contributed by atoms with Crippen LogP contribution in [-0.2, 0) is 5.41 Å². The summed E-state index contributed by atoms with van der Waals surface area (Å²) in [6.07, 6.45) is 5.91. The predicted molar refractivity (Wildman–Crippen MR) is 169 cm³/mol. The molecule has 0 aliphatic heterocycles. The average molecular weight is 515 g/mol. The summed E-state index contributed by atoms with van der Waals surface area (Å²) in [6.45, 7) is 13.9. The third-order valence-electron chi connectivity index (χ3n) is 9.03. The van der Waals surface area contributed by atoms with Crippen LogP contribution in [0, 0.1) is 12.3 Å². The minimum absolute atomic E-state index is 0.0993. The Morgan fingerprint density at radius 1 is 0.718 bits per heavy atom. The molecule has 3 atom stereocenters. The molecule has 1 aliphatic carbocycles. The number of nitrogens with zero attached hydrogens (tertiary/aromatic N) is 2. The lowest BCUT2D eigenvalue weighted by Gasteiger charge is -2.54. The monoisotopic (exact) mass is 514 g/mol. The molecule has 0 amide bonds. The lowest BCUT2D eigenvalue weighted by molar-refractivity contribution is 0.278. The number of para-hydroxylation sites is 2. The maximum atomic E-state index is 2.53. The van der Waals surface area contributed by atoms with E-state index in [-0.39, 0.29) is 22.9 Å². The molecule has 5 rings (SSSR count). The Kier molecular flexibility index (Phi) is 7.40. The van der Waals surface area contributed by atoms with Gasteiger partial charge in [0.15, 0.2) is 0 Å². The fraction of sp³-hybridized carbons (Fsp3) is 0.297. The van der Waals surface area contributed by atoms with Gasteiger partial charge in [0.1, 0.15) is 0 Å². The third-order valence-corrected chi connectivity index (χ3v) is 9.03. The molecule has 0 heterocycles. The highest BCUT2D eigenvalue weighted by molar-refractivity contribution is 5.69. The summed E-state index contributed by atoms with van der Waals surface area (Å²) in [6, 6.07) is 40.3. The first kappa shape index (κ1) is 26.8. The van der Waals surface area contributed by atoms with E-state index in [1.165, 1.54) is 33.9 Å². The second-order valence-electron chi connectivity index (χ2n) is 11.9. The van der Waals surface area contributed by atoms with E-state index in [4.69, 9.17) is 0 Å². The van der Waals surface area contributed by atoms with Crippen molar-refractivity contribution in [1.29, 1.82) is 0 Å². The average Bonchev–Trinajstić information content (AvgIpc) is 2.97. The van der Waals surface area contributed by atoms with E-state index in [1.54, 1.807) is 0 Å². The highest BCUT2D eigenvalue weighted by Gasteiger charge is 2.48. The Hall–Kier alpha value is -3.78. The maximum Gasteiger partial charge on any atom is 0.0630 e. The lowest BCUT2D eigenvalue weighted by atomic mass is 9.66. The molecule has 0 saturated heterocycles. The summed E-state index contributed by atoms with van der Waals surface area (Å²) >= 11 is 0. The van der Waals surface area contributed by atoms with Crippen molar-refractivity contribution in [3.63, 3.8) is 0 Å². The molecular formula is C37H42N2. The van der Waals surface area contributed by atoms with Crippen molar-refractivity contribution in [1.82, 2.24) is 0 Å². The SMILES string of the molecule is CCC(C)(C)c1ccc(N(c2ccccc2)C2C=C[C@@]2(C)[C@H](C)N(c2ccccc2)c2ccc(C)cc2)cc1. The van der Waals surface area contributed by atoms with E-state index in [9.17, 15) is 0 Å². The molecule has 0 fully saturated rings. The van der Waals surface area contributed by atoms with E-state index in [1.807, 2.05) is 0 Å². The third kappa shape index (κ3) is 5.13. The standard InChI is InChI=1S/C37H42N2/c1-7-36(4,5)30-20-24-34(25-21-30)39(32-16-12-9-13-17-32)35-26-27-37(35,6)29(3)38(31-14-10-8-11-15-31)33-22-18-28(2)19-23-33/h8-27,29,35H,7H2,1-6H3/t29-,35?,37-/m0/s1. The summed E-state index contributed by atoms with van der Waals surface area (Å²) < 4.78 is 0. The van der Waals surface area contributed by atoms with Crippen LogP contribution in [0.2, 0.25) is 0 Å². The van der Waals surface area contributed by atoms with Gasteiger partial charge in [-0.15, -0.1) is 0 Å². The van der Waals surface area contributed by atoms with Gasteiger partial charge in [0.2, 0.25) is 0 Å². The van der Waals surface area contributed by atoms with E-state index in [0.717, 1.165) is 6.42 Å². The quantitative estimate of drug-likeness (QED) is 0.205. The van der Waals surface area contributed by atoms with Crippen LogP contribution in [0.1, 0.15) is 52.2 Å².